The summed E-state index contributed by atoms with van der Waals surface area (Å²) in [6.07, 6.45) is 5.20. The molecule has 0 saturated heterocycles. The van der Waals surface area contributed by atoms with Crippen LogP contribution in [0.4, 0.5) is 0 Å². The molecule has 2 heterocycles. The van der Waals surface area contributed by atoms with Crippen LogP contribution in [0.5, 0.6) is 0 Å². The summed E-state index contributed by atoms with van der Waals surface area (Å²) >= 11 is 5.92. The average molecular weight is 267 g/mol. The second-order valence-corrected chi connectivity index (χ2v) is 4.79. The first-order valence-electron chi connectivity index (χ1n) is 5.83. The van der Waals surface area contributed by atoms with Crippen LogP contribution < -0.4 is 11.1 Å². The van der Waals surface area contributed by atoms with Crippen LogP contribution in [0.3, 0.4) is 0 Å². The Labute approximate surface area is 107 Å². The number of aromatic nitrogens is 4. The highest BCUT2D eigenvalue weighted by molar-refractivity contribution is 6.33. The van der Waals surface area contributed by atoms with Gasteiger partial charge in [-0.1, -0.05) is 24.4 Å². The fourth-order valence-electron chi connectivity index (χ4n) is 2.52. The van der Waals surface area contributed by atoms with Gasteiger partial charge in [-0.15, -0.1) is 0 Å². The minimum Gasteiger partial charge on any atom is -0.312 e. The number of aromatic amines is 1. The zero-order valence-corrected chi connectivity index (χ0v) is 10.3. The standard InChI is InChI=1S/C11H11ClN4O2/c12-8-7-9(14-5-13-8)16(6-3-1-2-4-6)11(18)10(17)15-7/h5-6H,1-4H2,(H,15,17). The lowest BCUT2D eigenvalue weighted by Gasteiger charge is -2.14. The van der Waals surface area contributed by atoms with Crippen molar-refractivity contribution in [3.05, 3.63) is 32.2 Å². The van der Waals surface area contributed by atoms with Gasteiger partial charge in [-0.25, -0.2) is 9.97 Å². The van der Waals surface area contributed by atoms with E-state index < -0.39 is 11.1 Å². The van der Waals surface area contributed by atoms with Crippen LogP contribution in [-0.2, 0) is 0 Å². The van der Waals surface area contributed by atoms with E-state index in [2.05, 4.69) is 15.0 Å². The maximum absolute atomic E-state index is 12.0. The lowest BCUT2D eigenvalue weighted by molar-refractivity contribution is 0.511. The predicted octanol–water partition coefficient (Wildman–Crippen LogP) is 1.25. The molecule has 18 heavy (non-hydrogen) atoms. The van der Waals surface area contributed by atoms with E-state index in [-0.39, 0.29) is 11.2 Å². The number of hydrogen-bond donors (Lipinski definition) is 1. The maximum atomic E-state index is 12.0. The van der Waals surface area contributed by atoms with Crippen molar-refractivity contribution in [3.63, 3.8) is 0 Å². The van der Waals surface area contributed by atoms with Crippen molar-refractivity contribution in [1.29, 1.82) is 0 Å². The molecule has 2 aromatic rings. The van der Waals surface area contributed by atoms with E-state index in [1.807, 2.05) is 0 Å². The SMILES string of the molecule is O=c1[nH]c2c(Cl)ncnc2n(C2CCCC2)c1=O. The second kappa shape index (κ2) is 4.20. The number of fused-ring (bicyclic) bond motifs is 1. The minimum atomic E-state index is -0.675. The molecular weight excluding hydrogens is 256 g/mol. The Morgan fingerprint density at radius 3 is 2.72 bits per heavy atom. The van der Waals surface area contributed by atoms with Gasteiger partial charge in [-0.05, 0) is 12.8 Å². The fourth-order valence-corrected chi connectivity index (χ4v) is 2.69. The molecule has 0 atom stereocenters. The van der Waals surface area contributed by atoms with Crippen LogP contribution in [0.1, 0.15) is 31.7 Å². The number of nitrogens with one attached hydrogen (secondary N) is 1. The quantitative estimate of drug-likeness (QED) is 0.622. The van der Waals surface area contributed by atoms with Gasteiger partial charge in [0.2, 0.25) is 0 Å². The van der Waals surface area contributed by atoms with Gasteiger partial charge in [0, 0.05) is 6.04 Å². The summed E-state index contributed by atoms with van der Waals surface area (Å²) in [6, 6.07) is 0.0354. The molecule has 0 unspecified atom stereocenters. The van der Waals surface area contributed by atoms with Gasteiger partial charge in [0.15, 0.2) is 10.8 Å². The molecule has 6 nitrogen and oxygen atoms in total. The molecule has 0 aromatic carbocycles. The molecule has 1 aliphatic carbocycles. The van der Waals surface area contributed by atoms with Crippen LogP contribution >= 0.6 is 11.6 Å². The van der Waals surface area contributed by atoms with Crippen molar-refractivity contribution in [2.75, 3.05) is 0 Å². The van der Waals surface area contributed by atoms with Gasteiger partial charge in [0.25, 0.3) is 0 Å². The first kappa shape index (κ1) is 11.4. The lowest BCUT2D eigenvalue weighted by atomic mass is 10.2. The van der Waals surface area contributed by atoms with Crippen molar-refractivity contribution in [3.8, 4) is 0 Å². The Hall–Kier alpha value is -1.69. The van der Waals surface area contributed by atoms with E-state index >= 15 is 0 Å². The average Bonchev–Trinajstić information content (AvgIpc) is 2.86. The molecule has 1 saturated carbocycles. The van der Waals surface area contributed by atoms with Gasteiger partial charge in [0.05, 0.1) is 0 Å². The second-order valence-electron chi connectivity index (χ2n) is 4.43. The molecule has 2 aromatic heterocycles. The van der Waals surface area contributed by atoms with Crippen LogP contribution in [0.2, 0.25) is 5.15 Å². The Morgan fingerprint density at radius 1 is 1.28 bits per heavy atom. The smallest absolute Gasteiger partial charge is 0.312 e. The van der Waals surface area contributed by atoms with E-state index in [1.54, 1.807) is 0 Å². The van der Waals surface area contributed by atoms with E-state index in [1.165, 1.54) is 10.9 Å². The molecule has 1 N–H and O–H groups in total. The summed E-state index contributed by atoms with van der Waals surface area (Å²) in [5, 5.41) is 0.156. The summed E-state index contributed by atoms with van der Waals surface area (Å²) in [4.78, 5) is 34.0. The number of hydrogen-bond acceptors (Lipinski definition) is 4. The highest BCUT2D eigenvalue weighted by Gasteiger charge is 2.22. The molecule has 1 aliphatic rings. The van der Waals surface area contributed by atoms with Gasteiger partial charge in [0.1, 0.15) is 11.8 Å². The van der Waals surface area contributed by atoms with Gasteiger partial charge < -0.3 is 4.98 Å². The monoisotopic (exact) mass is 266 g/mol. The number of H-pyrrole nitrogens is 1. The maximum Gasteiger partial charge on any atom is 0.318 e. The van der Waals surface area contributed by atoms with E-state index in [9.17, 15) is 9.59 Å². The van der Waals surface area contributed by atoms with Crippen LogP contribution in [-0.4, -0.2) is 19.5 Å². The van der Waals surface area contributed by atoms with Crippen molar-refractivity contribution in [1.82, 2.24) is 19.5 Å². The summed E-state index contributed by atoms with van der Waals surface area (Å²) < 4.78 is 1.47. The molecule has 0 bridgehead atoms. The highest BCUT2D eigenvalue weighted by atomic mass is 35.5. The first-order valence-corrected chi connectivity index (χ1v) is 6.21. The highest BCUT2D eigenvalue weighted by Crippen LogP contribution is 2.30. The van der Waals surface area contributed by atoms with Crippen LogP contribution in [0.25, 0.3) is 11.2 Å². The molecule has 94 valence electrons. The normalized spacial score (nSPS) is 16.5. The molecule has 0 aliphatic heterocycles. The number of nitrogens with zero attached hydrogens (tertiary/aromatic N) is 3. The zero-order chi connectivity index (χ0) is 12.7. The predicted molar refractivity (Wildman–Crippen MR) is 66.9 cm³/mol. The topological polar surface area (TPSA) is 80.6 Å². The molecule has 3 rings (SSSR count). The molecular formula is C11H11ClN4O2. The largest absolute Gasteiger partial charge is 0.318 e. The molecule has 0 spiro atoms. The van der Waals surface area contributed by atoms with Crippen LogP contribution in [0.15, 0.2) is 15.9 Å². The molecule has 7 heteroatoms. The fraction of sp³-hybridized carbons (Fsp3) is 0.455. The van der Waals surface area contributed by atoms with Gasteiger partial charge in [-0.2, -0.15) is 0 Å². The third-order valence-corrected chi connectivity index (χ3v) is 3.64. The summed E-state index contributed by atoms with van der Waals surface area (Å²) in [7, 11) is 0. The van der Waals surface area contributed by atoms with Gasteiger partial charge in [-0.3, -0.25) is 14.2 Å². The van der Waals surface area contributed by atoms with Crippen molar-refractivity contribution in [2.24, 2.45) is 0 Å². The number of rotatable bonds is 1. The van der Waals surface area contributed by atoms with E-state index in [0.29, 0.717) is 11.2 Å². The van der Waals surface area contributed by atoms with E-state index in [4.69, 9.17) is 11.6 Å². The summed E-state index contributed by atoms with van der Waals surface area (Å²) in [5.41, 5.74) is -0.502. The summed E-state index contributed by atoms with van der Waals surface area (Å²) in [5.74, 6) is 0. The summed E-state index contributed by atoms with van der Waals surface area (Å²) in [6.45, 7) is 0. The minimum absolute atomic E-state index is 0.0354. The Balaban J connectivity index is 2.40. The van der Waals surface area contributed by atoms with Crippen LogP contribution in [0, 0.1) is 0 Å². The molecule has 1 fully saturated rings. The third-order valence-electron chi connectivity index (χ3n) is 3.35. The zero-order valence-electron chi connectivity index (χ0n) is 9.52. The number of halogens is 1. The lowest BCUT2D eigenvalue weighted by Crippen LogP contribution is -2.38. The van der Waals surface area contributed by atoms with E-state index in [0.717, 1.165) is 25.7 Å². The molecule has 0 radical (unpaired) electrons. The van der Waals surface area contributed by atoms with Crippen molar-refractivity contribution in [2.45, 2.75) is 31.7 Å². The molecule has 0 amide bonds. The Bertz CT molecular complexity index is 715. The van der Waals surface area contributed by atoms with Gasteiger partial charge >= 0.3 is 11.1 Å². The third kappa shape index (κ3) is 1.64. The Morgan fingerprint density at radius 2 is 2.00 bits per heavy atom. The Kier molecular flexibility index (Phi) is 2.66. The van der Waals surface area contributed by atoms with Crippen molar-refractivity contribution >= 4 is 22.8 Å². The van der Waals surface area contributed by atoms with Crippen molar-refractivity contribution < 1.29 is 0 Å². The first-order chi connectivity index (χ1) is 8.68.